The van der Waals surface area contributed by atoms with Crippen LogP contribution in [0, 0.1) is 0 Å². The number of rotatable bonds is 4. The summed E-state index contributed by atoms with van der Waals surface area (Å²) in [5, 5.41) is 13.7. The first kappa shape index (κ1) is 16.3. The topological polar surface area (TPSA) is 92.7 Å². The van der Waals surface area contributed by atoms with Gasteiger partial charge in [-0.15, -0.1) is 0 Å². The highest BCUT2D eigenvalue weighted by Gasteiger charge is 2.23. The van der Waals surface area contributed by atoms with Gasteiger partial charge < -0.3 is 5.32 Å². The molecule has 0 aliphatic heterocycles. The predicted octanol–water partition coefficient (Wildman–Crippen LogP) is 2.87. The number of aromatic amines is 1. The van der Waals surface area contributed by atoms with Crippen molar-refractivity contribution in [1.29, 1.82) is 0 Å². The van der Waals surface area contributed by atoms with Crippen LogP contribution in [0.25, 0.3) is 5.69 Å². The van der Waals surface area contributed by atoms with E-state index in [1.165, 1.54) is 25.0 Å². The zero-order chi connectivity index (χ0) is 17.9. The first-order valence-corrected chi connectivity index (χ1v) is 8.73. The molecule has 2 aromatic heterocycles. The second kappa shape index (κ2) is 6.95. The molecular formula is C19H19N5O2. The molecule has 1 saturated carbocycles. The first-order chi connectivity index (χ1) is 12.7. The van der Waals surface area contributed by atoms with Gasteiger partial charge in [0.05, 0.1) is 11.4 Å². The molecule has 132 valence electrons. The molecule has 26 heavy (non-hydrogen) atoms. The second-order valence-electron chi connectivity index (χ2n) is 6.44. The van der Waals surface area contributed by atoms with Crippen molar-refractivity contribution in [3.8, 4) is 5.69 Å². The first-order valence-electron chi connectivity index (χ1n) is 8.73. The number of nitrogens with zero attached hydrogens (tertiary/aromatic N) is 3. The van der Waals surface area contributed by atoms with Crippen molar-refractivity contribution in [2.45, 2.75) is 31.6 Å². The molecule has 1 fully saturated rings. The summed E-state index contributed by atoms with van der Waals surface area (Å²) >= 11 is 0. The largest absolute Gasteiger partial charge is 0.305 e. The van der Waals surface area contributed by atoms with E-state index >= 15 is 0 Å². The average Bonchev–Trinajstić information content (AvgIpc) is 3.33. The minimum atomic E-state index is -0.392. The average molecular weight is 349 g/mol. The van der Waals surface area contributed by atoms with Crippen molar-refractivity contribution in [2.24, 2.45) is 0 Å². The maximum absolute atomic E-state index is 12.5. The Morgan fingerprint density at radius 3 is 2.58 bits per heavy atom. The zero-order valence-corrected chi connectivity index (χ0v) is 14.2. The second-order valence-corrected chi connectivity index (χ2v) is 6.44. The van der Waals surface area contributed by atoms with Crippen LogP contribution in [-0.4, -0.2) is 25.9 Å². The van der Waals surface area contributed by atoms with Crippen LogP contribution in [0.15, 0.2) is 53.3 Å². The minimum Gasteiger partial charge on any atom is -0.305 e. The number of para-hydroxylation sites is 1. The van der Waals surface area contributed by atoms with Gasteiger partial charge in [-0.05, 0) is 31.0 Å². The van der Waals surface area contributed by atoms with Crippen LogP contribution >= 0.6 is 0 Å². The fourth-order valence-corrected chi connectivity index (χ4v) is 3.33. The molecule has 1 aliphatic rings. The number of amides is 1. The molecule has 1 aromatic carbocycles. The van der Waals surface area contributed by atoms with E-state index in [0.717, 1.165) is 24.2 Å². The molecule has 0 unspecified atom stereocenters. The Hall–Kier alpha value is -3.22. The van der Waals surface area contributed by atoms with E-state index in [9.17, 15) is 9.59 Å². The number of benzene rings is 1. The third-order valence-corrected chi connectivity index (χ3v) is 4.66. The molecule has 4 rings (SSSR count). The molecule has 0 bridgehead atoms. The third kappa shape index (κ3) is 3.28. The summed E-state index contributed by atoms with van der Waals surface area (Å²) in [6, 6.07) is 14.3. The fraction of sp³-hybridized carbons (Fsp3) is 0.263. The summed E-state index contributed by atoms with van der Waals surface area (Å²) in [6.07, 6.45) is 4.68. The monoisotopic (exact) mass is 349 g/mol. The van der Waals surface area contributed by atoms with Gasteiger partial charge in [0.2, 0.25) is 0 Å². The smallest absolute Gasteiger partial charge is 0.277 e. The van der Waals surface area contributed by atoms with E-state index in [1.807, 2.05) is 36.4 Å². The Bertz CT molecular complexity index is 951. The number of carbonyl (C=O) groups is 1. The quantitative estimate of drug-likeness (QED) is 0.757. The third-order valence-electron chi connectivity index (χ3n) is 4.66. The van der Waals surface area contributed by atoms with Gasteiger partial charge >= 0.3 is 0 Å². The van der Waals surface area contributed by atoms with E-state index < -0.39 is 5.91 Å². The fourth-order valence-electron chi connectivity index (χ4n) is 3.33. The molecule has 2 heterocycles. The molecule has 1 aliphatic carbocycles. The van der Waals surface area contributed by atoms with Gasteiger partial charge in [-0.25, -0.2) is 9.78 Å². The molecule has 1 amide bonds. The highest BCUT2D eigenvalue weighted by Crippen LogP contribution is 2.35. The number of anilines is 1. The normalized spacial score (nSPS) is 14.5. The van der Waals surface area contributed by atoms with E-state index in [-0.39, 0.29) is 11.3 Å². The van der Waals surface area contributed by atoms with Crippen molar-refractivity contribution >= 4 is 11.7 Å². The van der Waals surface area contributed by atoms with Crippen LogP contribution in [0.1, 0.15) is 47.8 Å². The summed E-state index contributed by atoms with van der Waals surface area (Å²) in [4.78, 5) is 23.6. The Labute approximate surface area is 150 Å². The Morgan fingerprint density at radius 2 is 1.88 bits per heavy atom. The number of hydrogen-bond acceptors (Lipinski definition) is 4. The van der Waals surface area contributed by atoms with E-state index in [4.69, 9.17) is 5.10 Å². The van der Waals surface area contributed by atoms with E-state index in [1.54, 1.807) is 4.68 Å². The summed E-state index contributed by atoms with van der Waals surface area (Å²) in [5.41, 5.74) is 1.67. The van der Waals surface area contributed by atoms with Crippen molar-refractivity contribution in [3.63, 3.8) is 0 Å². The van der Waals surface area contributed by atoms with Crippen LogP contribution in [0.5, 0.6) is 0 Å². The van der Waals surface area contributed by atoms with Crippen LogP contribution in [0.4, 0.5) is 5.82 Å². The van der Waals surface area contributed by atoms with Crippen LogP contribution < -0.4 is 10.9 Å². The number of carbonyl (C=O) groups excluding carboxylic acids is 1. The van der Waals surface area contributed by atoms with Gasteiger partial charge in [-0.1, -0.05) is 31.0 Å². The molecular weight excluding hydrogens is 330 g/mol. The maximum atomic E-state index is 12.5. The lowest BCUT2D eigenvalue weighted by Gasteiger charge is -2.08. The van der Waals surface area contributed by atoms with Gasteiger partial charge in [0, 0.05) is 18.1 Å². The van der Waals surface area contributed by atoms with Gasteiger partial charge in [0.1, 0.15) is 11.5 Å². The molecule has 3 aromatic rings. The number of hydrogen-bond donors (Lipinski definition) is 2. The molecule has 7 heteroatoms. The molecule has 0 saturated heterocycles. The lowest BCUT2D eigenvalue weighted by Crippen LogP contribution is -2.19. The van der Waals surface area contributed by atoms with Crippen molar-refractivity contribution in [1.82, 2.24) is 20.0 Å². The van der Waals surface area contributed by atoms with Crippen molar-refractivity contribution < 1.29 is 4.79 Å². The molecule has 7 nitrogen and oxygen atoms in total. The SMILES string of the molecule is O=C(Nc1cc(C2CCCC2)nn1-c1ccccc1)c1ccc(=O)[nH]n1. The van der Waals surface area contributed by atoms with Gasteiger partial charge in [0.15, 0.2) is 0 Å². The lowest BCUT2D eigenvalue weighted by molar-refractivity contribution is 0.102. The van der Waals surface area contributed by atoms with Crippen LogP contribution in [0.2, 0.25) is 0 Å². The highest BCUT2D eigenvalue weighted by atomic mass is 16.2. The lowest BCUT2D eigenvalue weighted by atomic mass is 10.0. The number of nitrogens with one attached hydrogen (secondary N) is 2. The summed E-state index contributed by atoms with van der Waals surface area (Å²) in [5.74, 6) is 0.634. The van der Waals surface area contributed by atoms with Crippen LogP contribution in [-0.2, 0) is 0 Å². The molecule has 0 radical (unpaired) electrons. The van der Waals surface area contributed by atoms with Gasteiger partial charge in [-0.3, -0.25) is 9.59 Å². The van der Waals surface area contributed by atoms with Gasteiger partial charge in [-0.2, -0.15) is 10.2 Å². The summed E-state index contributed by atoms with van der Waals surface area (Å²) in [6.45, 7) is 0. The van der Waals surface area contributed by atoms with Crippen molar-refractivity contribution in [3.05, 3.63) is 70.3 Å². The number of aromatic nitrogens is 4. The number of H-pyrrole nitrogens is 1. The maximum Gasteiger partial charge on any atom is 0.277 e. The van der Waals surface area contributed by atoms with E-state index in [2.05, 4.69) is 15.5 Å². The van der Waals surface area contributed by atoms with Crippen molar-refractivity contribution in [2.75, 3.05) is 5.32 Å². The molecule has 0 atom stereocenters. The Kier molecular flexibility index (Phi) is 4.35. The summed E-state index contributed by atoms with van der Waals surface area (Å²) in [7, 11) is 0. The standard InChI is InChI=1S/C19H19N5O2/c25-18-11-10-15(21-22-18)19(26)20-17-12-16(13-6-4-5-7-13)23-24(17)14-8-2-1-3-9-14/h1-3,8-13H,4-7H2,(H,20,26)(H,22,25). The summed E-state index contributed by atoms with van der Waals surface area (Å²) < 4.78 is 1.75. The van der Waals surface area contributed by atoms with Gasteiger partial charge in [0.25, 0.3) is 11.5 Å². The zero-order valence-electron chi connectivity index (χ0n) is 14.2. The Morgan fingerprint density at radius 1 is 1.12 bits per heavy atom. The Balaban J connectivity index is 1.68. The molecule has 0 spiro atoms. The van der Waals surface area contributed by atoms with E-state index in [0.29, 0.717) is 11.7 Å². The highest BCUT2D eigenvalue weighted by molar-refractivity contribution is 6.02. The predicted molar refractivity (Wildman–Crippen MR) is 97.6 cm³/mol. The molecule has 2 N–H and O–H groups in total. The van der Waals surface area contributed by atoms with Crippen LogP contribution in [0.3, 0.4) is 0 Å². The minimum absolute atomic E-state index is 0.146.